The van der Waals surface area contributed by atoms with E-state index >= 15 is 0 Å². The van der Waals surface area contributed by atoms with Gasteiger partial charge >= 0.3 is 0 Å². The maximum absolute atomic E-state index is 9.68. The highest BCUT2D eigenvalue weighted by Crippen LogP contribution is 2.56. The molecule has 0 fully saturated rings. The van der Waals surface area contributed by atoms with E-state index in [2.05, 4.69) is 38.1 Å². The van der Waals surface area contributed by atoms with E-state index in [-0.39, 0.29) is 0 Å². The molecule has 2 aromatic rings. The number of benzene rings is 2. The predicted octanol–water partition coefficient (Wildman–Crippen LogP) is 5.31. The van der Waals surface area contributed by atoms with Gasteiger partial charge in [-0.1, -0.05) is 44.5 Å². The zero-order valence-electron chi connectivity index (χ0n) is 12.8. The standard InChI is InChI=1S/C20H22O/c1-3-14-5-9-19-18-7-4-13-12-15(21)6-8-16(13)17(18)10-11-20(14,19)2/h4,6-9,12,14,21H,3,5,10-11H2,1-2H3/t14-,20+/m0/s1. The summed E-state index contributed by atoms with van der Waals surface area (Å²) in [4.78, 5) is 0. The van der Waals surface area contributed by atoms with E-state index < -0.39 is 0 Å². The fraction of sp³-hybridized carbons (Fsp3) is 0.400. The van der Waals surface area contributed by atoms with Crippen molar-refractivity contribution >= 4 is 16.3 Å². The van der Waals surface area contributed by atoms with Crippen LogP contribution in [0.3, 0.4) is 0 Å². The van der Waals surface area contributed by atoms with Crippen molar-refractivity contribution in [1.82, 2.24) is 0 Å². The Bertz CT molecular complexity index is 756. The summed E-state index contributed by atoms with van der Waals surface area (Å²) in [7, 11) is 0. The number of aromatic hydroxyl groups is 1. The van der Waals surface area contributed by atoms with Crippen molar-refractivity contribution < 1.29 is 5.11 Å². The van der Waals surface area contributed by atoms with Crippen LogP contribution in [0.25, 0.3) is 16.3 Å². The number of aryl methyl sites for hydroxylation is 1. The number of fused-ring (bicyclic) bond motifs is 5. The van der Waals surface area contributed by atoms with Crippen LogP contribution < -0.4 is 0 Å². The normalized spacial score (nSPS) is 27.3. The Hall–Kier alpha value is -1.76. The van der Waals surface area contributed by atoms with E-state index in [0.717, 1.165) is 17.7 Å². The number of phenols is 1. The molecule has 0 saturated carbocycles. The smallest absolute Gasteiger partial charge is 0.116 e. The summed E-state index contributed by atoms with van der Waals surface area (Å²) in [6.07, 6.45) is 7.40. The Labute approximate surface area is 126 Å². The lowest BCUT2D eigenvalue weighted by Gasteiger charge is -2.39. The Morgan fingerprint density at radius 2 is 2.10 bits per heavy atom. The van der Waals surface area contributed by atoms with Crippen LogP contribution in [-0.4, -0.2) is 5.11 Å². The van der Waals surface area contributed by atoms with Gasteiger partial charge in [-0.15, -0.1) is 0 Å². The van der Waals surface area contributed by atoms with E-state index in [4.69, 9.17) is 0 Å². The topological polar surface area (TPSA) is 20.2 Å². The van der Waals surface area contributed by atoms with Gasteiger partial charge < -0.3 is 5.11 Å². The fourth-order valence-electron chi connectivity index (χ4n) is 4.63. The molecule has 0 radical (unpaired) electrons. The number of hydrogen-bond acceptors (Lipinski definition) is 1. The molecule has 2 aromatic carbocycles. The molecule has 4 rings (SSSR count). The summed E-state index contributed by atoms with van der Waals surface area (Å²) in [6, 6.07) is 10.2. The lowest BCUT2D eigenvalue weighted by Crippen LogP contribution is -2.28. The lowest BCUT2D eigenvalue weighted by molar-refractivity contribution is 0.257. The molecule has 0 bridgehead atoms. The van der Waals surface area contributed by atoms with Crippen molar-refractivity contribution in [3.8, 4) is 5.75 Å². The molecular weight excluding hydrogens is 256 g/mol. The molecule has 108 valence electrons. The molecule has 21 heavy (non-hydrogen) atoms. The van der Waals surface area contributed by atoms with Crippen LogP contribution >= 0.6 is 0 Å². The second kappa shape index (κ2) is 4.37. The van der Waals surface area contributed by atoms with Crippen molar-refractivity contribution in [3.05, 3.63) is 47.5 Å². The minimum Gasteiger partial charge on any atom is -0.508 e. The molecule has 1 N–H and O–H groups in total. The van der Waals surface area contributed by atoms with Gasteiger partial charge in [-0.2, -0.15) is 0 Å². The van der Waals surface area contributed by atoms with Gasteiger partial charge in [0.25, 0.3) is 0 Å². The molecule has 0 unspecified atom stereocenters. The third-order valence-corrected chi connectivity index (χ3v) is 5.92. The predicted molar refractivity (Wildman–Crippen MR) is 88.4 cm³/mol. The van der Waals surface area contributed by atoms with Gasteiger partial charge in [0.05, 0.1) is 0 Å². The van der Waals surface area contributed by atoms with Crippen molar-refractivity contribution in [2.45, 2.75) is 39.5 Å². The Balaban J connectivity index is 1.92. The first-order valence-electron chi connectivity index (χ1n) is 8.09. The third kappa shape index (κ3) is 1.70. The van der Waals surface area contributed by atoms with E-state index in [0.29, 0.717) is 11.2 Å². The highest BCUT2D eigenvalue weighted by molar-refractivity contribution is 5.93. The van der Waals surface area contributed by atoms with Gasteiger partial charge in [0.2, 0.25) is 0 Å². The quantitative estimate of drug-likeness (QED) is 0.749. The molecule has 0 aliphatic heterocycles. The molecule has 1 nitrogen and oxygen atoms in total. The molecular formula is C20H22O. The van der Waals surface area contributed by atoms with Crippen LogP contribution in [0.2, 0.25) is 0 Å². The Morgan fingerprint density at radius 3 is 2.90 bits per heavy atom. The zero-order valence-corrected chi connectivity index (χ0v) is 12.8. The molecule has 2 aliphatic carbocycles. The fourth-order valence-corrected chi connectivity index (χ4v) is 4.63. The summed E-state index contributed by atoms with van der Waals surface area (Å²) < 4.78 is 0. The Morgan fingerprint density at radius 1 is 1.24 bits per heavy atom. The summed E-state index contributed by atoms with van der Waals surface area (Å²) in [6.45, 7) is 4.79. The van der Waals surface area contributed by atoms with Crippen molar-refractivity contribution in [2.24, 2.45) is 11.3 Å². The van der Waals surface area contributed by atoms with Crippen LogP contribution in [0.5, 0.6) is 5.75 Å². The summed E-state index contributed by atoms with van der Waals surface area (Å²) >= 11 is 0. The third-order valence-electron chi connectivity index (χ3n) is 5.92. The van der Waals surface area contributed by atoms with Gasteiger partial charge in [0.15, 0.2) is 0 Å². The van der Waals surface area contributed by atoms with Crippen LogP contribution in [-0.2, 0) is 6.42 Å². The molecule has 0 amide bonds. The average Bonchev–Trinajstić information content (AvgIpc) is 2.83. The largest absolute Gasteiger partial charge is 0.508 e. The monoisotopic (exact) mass is 278 g/mol. The Kier molecular flexibility index (Phi) is 2.69. The molecule has 0 spiro atoms. The molecule has 2 atom stereocenters. The first kappa shape index (κ1) is 12.9. The van der Waals surface area contributed by atoms with Crippen molar-refractivity contribution in [3.63, 3.8) is 0 Å². The maximum atomic E-state index is 9.68. The van der Waals surface area contributed by atoms with Crippen molar-refractivity contribution in [2.75, 3.05) is 0 Å². The molecule has 2 aliphatic rings. The molecule has 1 heteroatoms. The number of rotatable bonds is 1. The van der Waals surface area contributed by atoms with Gasteiger partial charge in [-0.3, -0.25) is 0 Å². The number of hydrogen-bond donors (Lipinski definition) is 1. The first-order chi connectivity index (χ1) is 10.1. The van der Waals surface area contributed by atoms with Gasteiger partial charge in [-0.25, -0.2) is 0 Å². The number of phenolic OH excluding ortho intramolecular Hbond substituents is 1. The van der Waals surface area contributed by atoms with Crippen molar-refractivity contribution in [1.29, 1.82) is 0 Å². The van der Waals surface area contributed by atoms with Crippen LogP contribution in [0, 0.1) is 11.3 Å². The summed E-state index contributed by atoms with van der Waals surface area (Å²) in [5, 5.41) is 12.1. The highest BCUT2D eigenvalue weighted by atomic mass is 16.3. The average molecular weight is 278 g/mol. The van der Waals surface area contributed by atoms with Gasteiger partial charge in [0, 0.05) is 0 Å². The minimum absolute atomic E-state index is 0.356. The zero-order chi connectivity index (χ0) is 14.6. The number of allylic oxidation sites excluding steroid dienone is 2. The second-order valence-electron chi connectivity index (χ2n) is 6.87. The van der Waals surface area contributed by atoms with Crippen LogP contribution in [0.15, 0.2) is 36.4 Å². The first-order valence-corrected chi connectivity index (χ1v) is 8.09. The molecule has 0 saturated heterocycles. The highest BCUT2D eigenvalue weighted by Gasteiger charge is 2.43. The van der Waals surface area contributed by atoms with E-state index in [1.807, 2.05) is 12.1 Å². The maximum Gasteiger partial charge on any atom is 0.116 e. The van der Waals surface area contributed by atoms with Crippen LogP contribution in [0.1, 0.15) is 44.2 Å². The van der Waals surface area contributed by atoms with Gasteiger partial charge in [0.1, 0.15) is 5.75 Å². The summed E-state index contributed by atoms with van der Waals surface area (Å²) in [5.41, 5.74) is 4.88. The van der Waals surface area contributed by atoms with Gasteiger partial charge in [-0.05, 0) is 70.2 Å². The van der Waals surface area contributed by atoms with E-state index in [9.17, 15) is 5.11 Å². The summed E-state index contributed by atoms with van der Waals surface area (Å²) in [5.74, 6) is 1.16. The van der Waals surface area contributed by atoms with E-state index in [1.54, 1.807) is 5.57 Å². The molecule has 0 heterocycles. The lowest BCUT2D eigenvalue weighted by atomic mass is 9.64. The molecule has 0 aromatic heterocycles. The SMILES string of the molecule is CC[C@H]1CC=C2c3ccc4cc(O)ccc4c3CC[C@@]21C. The van der Waals surface area contributed by atoms with Crippen LogP contribution in [0.4, 0.5) is 0 Å². The van der Waals surface area contributed by atoms with E-state index in [1.165, 1.54) is 35.8 Å². The minimum atomic E-state index is 0.356. The second-order valence-corrected chi connectivity index (χ2v) is 6.87.